The van der Waals surface area contributed by atoms with E-state index in [1.54, 1.807) is 42.7 Å². The van der Waals surface area contributed by atoms with E-state index in [2.05, 4.69) is 20.3 Å². The predicted molar refractivity (Wildman–Crippen MR) is 100.0 cm³/mol. The quantitative estimate of drug-likeness (QED) is 0.480. The first kappa shape index (κ1) is 16.4. The number of halogens is 2. The topological polar surface area (TPSA) is 62.8 Å². The third-order valence-corrected chi connectivity index (χ3v) is 4.16. The van der Waals surface area contributed by atoms with Crippen molar-refractivity contribution < 1.29 is 9.13 Å². The summed E-state index contributed by atoms with van der Waals surface area (Å²) in [5.41, 5.74) is 2.74. The summed E-state index contributed by atoms with van der Waals surface area (Å²) >= 11 is 5.94. The van der Waals surface area contributed by atoms with Crippen LogP contribution in [-0.2, 0) is 6.67 Å². The fourth-order valence-corrected chi connectivity index (χ4v) is 2.71. The monoisotopic (exact) mass is 368 g/mol. The highest BCUT2D eigenvalue weighted by atomic mass is 35.5. The lowest BCUT2D eigenvalue weighted by Gasteiger charge is -2.05. The average Bonchev–Trinajstić information content (AvgIpc) is 3.05. The zero-order valence-corrected chi connectivity index (χ0v) is 14.3. The molecule has 0 fully saturated rings. The molecule has 4 rings (SSSR count). The van der Waals surface area contributed by atoms with Crippen molar-refractivity contribution in [2.75, 3.05) is 5.32 Å². The highest BCUT2D eigenvalue weighted by Crippen LogP contribution is 2.27. The largest absolute Gasteiger partial charge is 0.457 e. The molecule has 0 unspecified atom stereocenters. The number of nitrogens with one attached hydrogen (secondary N) is 2. The van der Waals surface area contributed by atoms with Crippen LogP contribution in [0.2, 0.25) is 5.02 Å². The first-order valence-corrected chi connectivity index (χ1v) is 8.28. The van der Waals surface area contributed by atoms with E-state index in [0.29, 0.717) is 33.7 Å². The Morgan fingerprint density at radius 1 is 1.04 bits per heavy atom. The molecule has 5 nitrogen and oxygen atoms in total. The van der Waals surface area contributed by atoms with Gasteiger partial charge < -0.3 is 15.0 Å². The zero-order valence-electron chi connectivity index (χ0n) is 13.5. The molecule has 0 aliphatic heterocycles. The van der Waals surface area contributed by atoms with E-state index in [0.717, 1.165) is 11.0 Å². The number of benzene rings is 2. The molecule has 0 amide bonds. The van der Waals surface area contributed by atoms with Gasteiger partial charge in [-0.15, -0.1) is 0 Å². The fraction of sp³-hybridized carbons (Fsp3) is 0.0526. The summed E-state index contributed by atoms with van der Waals surface area (Å²) in [4.78, 5) is 11.6. The molecule has 0 aliphatic rings. The van der Waals surface area contributed by atoms with Crippen LogP contribution < -0.4 is 10.1 Å². The molecule has 0 atom stereocenters. The maximum atomic E-state index is 12.9. The molecule has 0 saturated heterocycles. The Kier molecular flexibility index (Phi) is 4.41. The lowest BCUT2D eigenvalue weighted by Crippen LogP contribution is -1.93. The van der Waals surface area contributed by atoms with E-state index in [9.17, 15) is 4.39 Å². The Bertz CT molecular complexity index is 1050. The fourth-order valence-electron chi connectivity index (χ4n) is 2.55. The van der Waals surface area contributed by atoms with Crippen LogP contribution in [0.15, 0.2) is 60.9 Å². The third kappa shape index (κ3) is 3.45. The highest BCUT2D eigenvalue weighted by molar-refractivity contribution is 6.31. The molecule has 130 valence electrons. The predicted octanol–water partition coefficient (Wildman–Crippen LogP) is 5.62. The van der Waals surface area contributed by atoms with Crippen molar-refractivity contribution in [2.45, 2.75) is 6.67 Å². The molecule has 2 N–H and O–H groups in total. The molecule has 0 radical (unpaired) electrons. The maximum Gasteiger partial charge on any atom is 0.205 e. The lowest BCUT2D eigenvalue weighted by atomic mass is 10.2. The molecule has 4 aromatic rings. The second-order valence-corrected chi connectivity index (χ2v) is 6.02. The standard InChI is InChI=1S/C19H14ClFN4O/c20-16-3-1-13(9-12(16)11-21)23-19-24-17-4-2-15(10-18(17)25-19)26-14-5-7-22-8-6-14/h1-10H,11H2,(H2,23,24,25). The number of aromatic amines is 1. The summed E-state index contributed by atoms with van der Waals surface area (Å²) in [7, 11) is 0. The van der Waals surface area contributed by atoms with E-state index < -0.39 is 6.67 Å². The van der Waals surface area contributed by atoms with Crippen molar-refractivity contribution in [3.63, 3.8) is 0 Å². The molecule has 0 bridgehead atoms. The van der Waals surface area contributed by atoms with Crippen molar-refractivity contribution in [1.29, 1.82) is 0 Å². The van der Waals surface area contributed by atoms with Gasteiger partial charge in [0.15, 0.2) is 0 Å². The van der Waals surface area contributed by atoms with Crippen LogP contribution in [0.4, 0.5) is 16.0 Å². The number of nitrogens with zero attached hydrogens (tertiary/aromatic N) is 2. The van der Waals surface area contributed by atoms with E-state index in [1.165, 1.54) is 0 Å². The van der Waals surface area contributed by atoms with Gasteiger partial charge in [0.1, 0.15) is 18.2 Å². The number of anilines is 2. The second kappa shape index (κ2) is 7.01. The number of imidazole rings is 1. The van der Waals surface area contributed by atoms with Gasteiger partial charge in [-0.3, -0.25) is 4.98 Å². The van der Waals surface area contributed by atoms with Gasteiger partial charge in [-0.25, -0.2) is 9.37 Å². The molecule has 2 heterocycles. The minimum atomic E-state index is -0.621. The van der Waals surface area contributed by atoms with Crippen LogP contribution in [0.1, 0.15) is 5.56 Å². The molecule has 0 aliphatic carbocycles. The van der Waals surface area contributed by atoms with Crippen molar-refractivity contribution in [2.24, 2.45) is 0 Å². The van der Waals surface area contributed by atoms with Gasteiger partial charge >= 0.3 is 0 Å². The summed E-state index contributed by atoms with van der Waals surface area (Å²) in [5, 5.41) is 3.53. The van der Waals surface area contributed by atoms with E-state index in [1.807, 2.05) is 18.2 Å². The number of H-pyrrole nitrogens is 1. The van der Waals surface area contributed by atoms with Crippen molar-refractivity contribution in [3.8, 4) is 11.5 Å². The Labute approximate surface area is 153 Å². The first-order chi connectivity index (χ1) is 12.7. The van der Waals surface area contributed by atoms with Crippen molar-refractivity contribution >= 4 is 34.3 Å². The van der Waals surface area contributed by atoms with Crippen LogP contribution in [0.25, 0.3) is 11.0 Å². The summed E-state index contributed by atoms with van der Waals surface area (Å²) in [6, 6.07) is 14.2. The van der Waals surface area contributed by atoms with Crippen molar-refractivity contribution in [3.05, 3.63) is 71.5 Å². The molecular weight excluding hydrogens is 355 g/mol. The first-order valence-electron chi connectivity index (χ1n) is 7.90. The van der Waals surface area contributed by atoms with Crippen LogP contribution in [0.3, 0.4) is 0 Å². The number of alkyl halides is 1. The number of fused-ring (bicyclic) bond motifs is 1. The van der Waals surface area contributed by atoms with Crippen LogP contribution >= 0.6 is 11.6 Å². The van der Waals surface area contributed by atoms with Crippen LogP contribution in [0.5, 0.6) is 11.5 Å². The van der Waals surface area contributed by atoms with Gasteiger partial charge in [0.25, 0.3) is 0 Å². The number of ether oxygens (including phenoxy) is 1. The molecule has 0 spiro atoms. The normalized spacial score (nSPS) is 10.8. The minimum absolute atomic E-state index is 0.403. The summed E-state index contributed by atoms with van der Waals surface area (Å²) in [6.07, 6.45) is 3.34. The number of pyridine rings is 1. The van der Waals surface area contributed by atoms with Gasteiger partial charge in [0, 0.05) is 34.7 Å². The number of aromatic nitrogens is 3. The Morgan fingerprint density at radius 2 is 1.88 bits per heavy atom. The molecule has 2 aromatic carbocycles. The van der Waals surface area contributed by atoms with E-state index >= 15 is 0 Å². The van der Waals surface area contributed by atoms with Gasteiger partial charge in [0.2, 0.25) is 5.95 Å². The minimum Gasteiger partial charge on any atom is -0.457 e. The Hall–Kier alpha value is -3.12. The zero-order chi connectivity index (χ0) is 17.9. The van der Waals surface area contributed by atoms with Crippen LogP contribution in [-0.4, -0.2) is 15.0 Å². The van der Waals surface area contributed by atoms with Crippen LogP contribution in [0, 0.1) is 0 Å². The smallest absolute Gasteiger partial charge is 0.205 e. The Morgan fingerprint density at radius 3 is 2.69 bits per heavy atom. The third-order valence-electron chi connectivity index (χ3n) is 3.79. The molecule has 7 heteroatoms. The lowest BCUT2D eigenvalue weighted by molar-refractivity contribution is 0.482. The van der Waals surface area contributed by atoms with Gasteiger partial charge in [-0.05, 0) is 42.5 Å². The number of hydrogen-bond acceptors (Lipinski definition) is 4. The summed E-state index contributed by atoms with van der Waals surface area (Å²) < 4.78 is 18.7. The average molecular weight is 369 g/mol. The van der Waals surface area contributed by atoms with E-state index in [4.69, 9.17) is 16.3 Å². The van der Waals surface area contributed by atoms with E-state index in [-0.39, 0.29) is 0 Å². The molecule has 26 heavy (non-hydrogen) atoms. The molecule has 2 aromatic heterocycles. The van der Waals surface area contributed by atoms with Gasteiger partial charge in [-0.2, -0.15) is 0 Å². The molecular formula is C19H14ClFN4O. The number of hydrogen-bond donors (Lipinski definition) is 2. The molecule has 0 saturated carbocycles. The second-order valence-electron chi connectivity index (χ2n) is 5.61. The maximum absolute atomic E-state index is 12.9. The van der Waals surface area contributed by atoms with Gasteiger partial charge in [0.05, 0.1) is 11.0 Å². The SMILES string of the molecule is FCc1cc(Nc2nc3ccc(Oc4ccncc4)cc3[nH]2)ccc1Cl. The Balaban J connectivity index is 1.57. The van der Waals surface area contributed by atoms with Gasteiger partial charge in [-0.1, -0.05) is 11.6 Å². The highest BCUT2D eigenvalue weighted by Gasteiger charge is 2.07. The summed E-state index contributed by atoms with van der Waals surface area (Å²) in [5.74, 6) is 1.94. The summed E-state index contributed by atoms with van der Waals surface area (Å²) in [6.45, 7) is -0.621. The number of rotatable bonds is 5. The van der Waals surface area contributed by atoms with Crippen molar-refractivity contribution in [1.82, 2.24) is 15.0 Å².